The van der Waals surface area contributed by atoms with Crippen molar-refractivity contribution in [1.82, 2.24) is 0 Å². The predicted molar refractivity (Wildman–Crippen MR) is 63.9 cm³/mol. The minimum atomic E-state index is -3.64. The van der Waals surface area contributed by atoms with E-state index in [4.69, 9.17) is 4.18 Å². The standard InChI is InChI=1S/C12H12O3S.Na.H/c1-2-15-16(13,14)12-9-5-7-10-6-3-4-8-11(10)12;;/h3-9H,2H2,1H3;;/q;+1;-1. The minimum Gasteiger partial charge on any atom is -1.00 e. The van der Waals surface area contributed by atoms with E-state index in [2.05, 4.69) is 0 Å². The van der Waals surface area contributed by atoms with Crippen LogP contribution in [0, 0.1) is 0 Å². The molecule has 0 unspecified atom stereocenters. The molecule has 0 spiro atoms. The van der Waals surface area contributed by atoms with Crippen molar-refractivity contribution in [3.05, 3.63) is 42.5 Å². The van der Waals surface area contributed by atoms with Crippen molar-refractivity contribution >= 4 is 20.9 Å². The number of benzene rings is 2. The SMILES string of the molecule is CCOS(=O)(=O)c1cccc2ccccc12.[H-].[Na+]. The topological polar surface area (TPSA) is 43.4 Å². The van der Waals surface area contributed by atoms with E-state index in [-0.39, 0.29) is 42.5 Å². The quantitative estimate of drug-likeness (QED) is 0.561. The Hall–Kier alpha value is -0.390. The maximum absolute atomic E-state index is 11.8. The van der Waals surface area contributed by atoms with Crippen molar-refractivity contribution in [2.24, 2.45) is 0 Å². The summed E-state index contributed by atoms with van der Waals surface area (Å²) in [5.74, 6) is 0. The Labute approximate surface area is 125 Å². The molecule has 0 heterocycles. The normalized spacial score (nSPS) is 11.1. The fraction of sp³-hybridized carbons (Fsp3) is 0.167. The van der Waals surface area contributed by atoms with Crippen molar-refractivity contribution in [3.63, 3.8) is 0 Å². The van der Waals surface area contributed by atoms with Crippen LogP contribution in [-0.4, -0.2) is 15.0 Å². The Bertz CT molecular complexity index is 608. The Morgan fingerprint density at radius 3 is 2.47 bits per heavy atom. The van der Waals surface area contributed by atoms with Gasteiger partial charge in [0.25, 0.3) is 10.1 Å². The maximum atomic E-state index is 11.8. The molecule has 0 N–H and O–H groups in total. The Kier molecular flexibility index (Phi) is 5.16. The molecule has 0 aliphatic heterocycles. The van der Waals surface area contributed by atoms with E-state index in [0.717, 1.165) is 5.39 Å². The Balaban J connectivity index is 0.00000144. The third kappa shape index (κ3) is 3.09. The monoisotopic (exact) mass is 260 g/mol. The zero-order valence-corrected chi connectivity index (χ0v) is 12.7. The molecule has 2 aromatic carbocycles. The summed E-state index contributed by atoms with van der Waals surface area (Å²) in [6.07, 6.45) is 0. The summed E-state index contributed by atoms with van der Waals surface area (Å²) in [4.78, 5) is 0.229. The molecule has 0 aliphatic carbocycles. The van der Waals surface area contributed by atoms with Crippen LogP contribution >= 0.6 is 0 Å². The molecule has 2 aromatic rings. The van der Waals surface area contributed by atoms with E-state index < -0.39 is 10.1 Å². The maximum Gasteiger partial charge on any atom is 1.00 e. The van der Waals surface area contributed by atoms with E-state index in [0.29, 0.717) is 5.39 Å². The smallest absolute Gasteiger partial charge is 1.00 e. The van der Waals surface area contributed by atoms with Crippen LogP contribution in [0.5, 0.6) is 0 Å². The summed E-state index contributed by atoms with van der Waals surface area (Å²) in [5, 5.41) is 1.58. The minimum absolute atomic E-state index is 0. The first-order valence-electron chi connectivity index (χ1n) is 5.02. The third-order valence-electron chi connectivity index (χ3n) is 2.29. The Morgan fingerprint density at radius 2 is 1.76 bits per heavy atom. The molecule has 0 atom stereocenters. The Morgan fingerprint density at radius 1 is 1.12 bits per heavy atom. The molecule has 0 aliphatic rings. The molecular weight excluding hydrogens is 247 g/mol. The van der Waals surface area contributed by atoms with Gasteiger partial charge in [-0.15, -0.1) is 0 Å². The van der Waals surface area contributed by atoms with Gasteiger partial charge in [-0.1, -0.05) is 36.4 Å². The molecular formula is C12H13NaO3S. The van der Waals surface area contributed by atoms with Gasteiger partial charge >= 0.3 is 29.6 Å². The third-order valence-corrected chi connectivity index (χ3v) is 3.73. The van der Waals surface area contributed by atoms with Crippen molar-refractivity contribution < 1.29 is 43.6 Å². The van der Waals surface area contributed by atoms with Gasteiger partial charge in [-0.25, -0.2) is 0 Å². The predicted octanol–water partition coefficient (Wildman–Crippen LogP) is -0.319. The second-order valence-corrected chi connectivity index (χ2v) is 4.92. The summed E-state index contributed by atoms with van der Waals surface area (Å²) < 4.78 is 28.4. The zero-order chi connectivity index (χ0) is 11.6. The number of hydrogen-bond acceptors (Lipinski definition) is 3. The van der Waals surface area contributed by atoms with Crippen molar-refractivity contribution in [2.45, 2.75) is 11.8 Å². The van der Waals surface area contributed by atoms with Crippen LogP contribution in [0.1, 0.15) is 8.35 Å². The van der Waals surface area contributed by atoms with Gasteiger partial charge in [-0.3, -0.25) is 4.18 Å². The van der Waals surface area contributed by atoms with Crippen LogP contribution in [0.15, 0.2) is 47.4 Å². The van der Waals surface area contributed by atoms with E-state index >= 15 is 0 Å². The first-order valence-corrected chi connectivity index (χ1v) is 6.43. The molecule has 17 heavy (non-hydrogen) atoms. The van der Waals surface area contributed by atoms with E-state index in [1.54, 1.807) is 25.1 Å². The van der Waals surface area contributed by atoms with Crippen LogP contribution in [0.25, 0.3) is 10.8 Å². The number of rotatable bonds is 3. The molecule has 0 fully saturated rings. The van der Waals surface area contributed by atoms with E-state index in [1.807, 2.05) is 24.3 Å². The molecule has 0 aromatic heterocycles. The van der Waals surface area contributed by atoms with Gasteiger partial charge in [0.05, 0.1) is 6.61 Å². The molecule has 0 amide bonds. The summed E-state index contributed by atoms with van der Waals surface area (Å²) in [6, 6.07) is 12.5. The first kappa shape index (κ1) is 14.7. The molecule has 3 nitrogen and oxygen atoms in total. The number of hydrogen-bond donors (Lipinski definition) is 0. The fourth-order valence-electron chi connectivity index (χ4n) is 1.63. The van der Waals surface area contributed by atoms with Crippen molar-refractivity contribution in [1.29, 1.82) is 0 Å². The van der Waals surface area contributed by atoms with E-state index in [9.17, 15) is 8.42 Å². The van der Waals surface area contributed by atoms with Gasteiger partial charge in [-0.2, -0.15) is 8.42 Å². The van der Waals surface area contributed by atoms with Gasteiger partial charge in [0.1, 0.15) is 4.90 Å². The zero-order valence-electron chi connectivity index (χ0n) is 10.9. The largest absolute Gasteiger partial charge is 1.00 e. The van der Waals surface area contributed by atoms with Crippen LogP contribution < -0.4 is 29.6 Å². The van der Waals surface area contributed by atoms with Gasteiger partial charge in [-0.05, 0) is 18.4 Å². The van der Waals surface area contributed by atoms with Crippen LogP contribution in [-0.2, 0) is 14.3 Å². The van der Waals surface area contributed by atoms with E-state index in [1.165, 1.54) is 0 Å². The molecule has 0 radical (unpaired) electrons. The summed E-state index contributed by atoms with van der Waals surface area (Å²) in [6.45, 7) is 1.80. The van der Waals surface area contributed by atoms with Gasteiger partial charge < -0.3 is 1.43 Å². The van der Waals surface area contributed by atoms with Crippen LogP contribution in [0.3, 0.4) is 0 Å². The second-order valence-electron chi connectivity index (χ2n) is 3.34. The summed E-state index contributed by atoms with van der Waals surface area (Å²) >= 11 is 0. The van der Waals surface area contributed by atoms with Gasteiger partial charge in [0.15, 0.2) is 0 Å². The van der Waals surface area contributed by atoms with Gasteiger partial charge in [0.2, 0.25) is 0 Å². The molecule has 86 valence electrons. The first-order chi connectivity index (χ1) is 7.65. The summed E-state index contributed by atoms with van der Waals surface area (Å²) in [5.41, 5.74) is 0. The van der Waals surface area contributed by atoms with Crippen LogP contribution in [0.2, 0.25) is 0 Å². The van der Waals surface area contributed by atoms with Crippen molar-refractivity contribution in [2.75, 3.05) is 6.61 Å². The molecule has 0 saturated carbocycles. The molecule has 5 heteroatoms. The van der Waals surface area contributed by atoms with Crippen molar-refractivity contribution in [3.8, 4) is 0 Å². The summed E-state index contributed by atoms with van der Waals surface area (Å²) in [7, 11) is -3.64. The van der Waals surface area contributed by atoms with Gasteiger partial charge in [0, 0.05) is 5.39 Å². The molecule has 0 bridgehead atoms. The molecule has 2 rings (SSSR count). The average Bonchev–Trinajstić information content (AvgIpc) is 2.28. The fourth-order valence-corrected chi connectivity index (χ4v) is 2.77. The second kappa shape index (κ2) is 5.98. The van der Waals surface area contributed by atoms with Crippen LogP contribution in [0.4, 0.5) is 0 Å². The number of fused-ring (bicyclic) bond motifs is 1. The average molecular weight is 260 g/mol. The molecule has 0 saturated heterocycles.